The quantitative estimate of drug-likeness (QED) is 0.330. The first kappa shape index (κ1) is 25.0. The van der Waals surface area contributed by atoms with Gasteiger partial charge in [0.25, 0.3) is 0 Å². The van der Waals surface area contributed by atoms with Gasteiger partial charge >= 0.3 is 11.9 Å². The molecule has 0 radical (unpaired) electrons. The summed E-state index contributed by atoms with van der Waals surface area (Å²) in [5.41, 5.74) is 3.00. The molecule has 0 amide bonds. The van der Waals surface area contributed by atoms with Gasteiger partial charge in [-0.25, -0.2) is 18.7 Å². The lowest BCUT2D eigenvalue weighted by molar-refractivity contribution is -0.663. The van der Waals surface area contributed by atoms with Gasteiger partial charge in [0.15, 0.2) is 11.0 Å². The molecule has 5 aromatic carbocycles. The summed E-state index contributed by atoms with van der Waals surface area (Å²) in [5.74, 6) is -2.53. The van der Waals surface area contributed by atoms with E-state index in [0.717, 1.165) is 32.7 Å². The molecule has 0 spiro atoms. The third-order valence-corrected chi connectivity index (χ3v) is 6.81. The van der Waals surface area contributed by atoms with E-state index in [1.165, 1.54) is 12.1 Å². The maximum Gasteiger partial charge on any atom is 0.336 e. The highest BCUT2D eigenvalue weighted by atomic mass is 35.5. The third kappa shape index (κ3) is 4.58. The molecule has 0 bridgehead atoms. The van der Waals surface area contributed by atoms with Crippen molar-refractivity contribution < 1.29 is 36.8 Å². The summed E-state index contributed by atoms with van der Waals surface area (Å²) in [6, 6.07) is 31.7. The predicted molar refractivity (Wildman–Crippen MR) is 142 cm³/mol. The Bertz CT molecular complexity index is 1730. The van der Waals surface area contributed by atoms with Crippen molar-refractivity contribution in [2.24, 2.45) is 0 Å². The number of hydrogen-bond acceptors (Lipinski definition) is 2. The van der Waals surface area contributed by atoms with Crippen LogP contribution in [-0.4, -0.2) is 26.7 Å². The van der Waals surface area contributed by atoms with E-state index in [9.17, 15) is 19.8 Å². The first-order chi connectivity index (χ1) is 18.0. The first-order valence-electron chi connectivity index (χ1n) is 11.9. The lowest BCUT2D eigenvalue weighted by Crippen LogP contribution is -3.00. The Kier molecular flexibility index (Phi) is 6.57. The van der Waals surface area contributed by atoms with E-state index in [1.807, 2.05) is 39.7 Å². The van der Waals surface area contributed by atoms with E-state index in [-0.39, 0.29) is 23.5 Å². The van der Waals surface area contributed by atoms with Crippen LogP contribution in [-0.2, 0) is 13.1 Å². The smallest absolute Gasteiger partial charge is 0.336 e. The zero-order valence-corrected chi connectivity index (χ0v) is 21.0. The molecule has 38 heavy (non-hydrogen) atoms. The number of halogens is 1. The molecule has 0 aliphatic rings. The summed E-state index contributed by atoms with van der Waals surface area (Å²) < 4.78 is 3.97. The molecule has 0 aliphatic heterocycles. The summed E-state index contributed by atoms with van der Waals surface area (Å²) in [4.78, 5) is 23.9. The fourth-order valence-corrected chi connectivity index (χ4v) is 5.00. The van der Waals surface area contributed by atoms with Crippen molar-refractivity contribution in [1.82, 2.24) is 4.57 Å². The molecule has 0 saturated carbocycles. The third-order valence-electron chi connectivity index (χ3n) is 6.81. The van der Waals surface area contributed by atoms with E-state index in [4.69, 9.17) is 0 Å². The van der Waals surface area contributed by atoms with Crippen LogP contribution in [0, 0.1) is 0 Å². The standard InChI is InChI=1S/C31H22N2O4.ClH/c34-30(35)26-15-28-29(16-27(26)31(36)37)33(18-21-10-12-23-6-2-4-8-25(23)14-21)19-32(28)17-20-9-11-22-5-1-3-7-24(22)13-20;/h1-16,19H,17-18H2,(H-,34,35,36,37);1H. The molecular formula is C31H23ClN2O4. The number of aromatic carboxylic acids is 2. The van der Waals surface area contributed by atoms with Crippen LogP contribution in [0.1, 0.15) is 31.8 Å². The van der Waals surface area contributed by atoms with Crippen LogP contribution < -0.4 is 17.0 Å². The Labute approximate surface area is 224 Å². The molecule has 188 valence electrons. The minimum Gasteiger partial charge on any atom is -1.00 e. The van der Waals surface area contributed by atoms with Gasteiger partial charge in [-0.3, -0.25) is 0 Å². The number of imidazole rings is 1. The molecule has 0 fully saturated rings. The van der Waals surface area contributed by atoms with Crippen LogP contribution in [0.3, 0.4) is 0 Å². The van der Waals surface area contributed by atoms with Gasteiger partial charge in [0.1, 0.15) is 13.1 Å². The molecule has 0 atom stereocenters. The van der Waals surface area contributed by atoms with E-state index in [2.05, 4.69) is 60.7 Å². The van der Waals surface area contributed by atoms with Crippen molar-refractivity contribution in [3.8, 4) is 0 Å². The largest absolute Gasteiger partial charge is 1.00 e. The zero-order valence-electron chi connectivity index (χ0n) is 20.2. The maximum atomic E-state index is 11.9. The number of carboxylic acids is 2. The zero-order chi connectivity index (χ0) is 25.5. The lowest BCUT2D eigenvalue weighted by Gasteiger charge is -2.04. The van der Waals surface area contributed by atoms with Gasteiger partial charge in [0, 0.05) is 12.1 Å². The fourth-order valence-electron chi connectivity index (χ4n) is 5.00. The number of hydrogen-bond donors (Lipinski definition) is 2. The molecule has 1 aromatic heterocycles. The molecule has 1 heterocycles. The number of nitrogens with zero attached hydrogens (tertiary/aromatic N) is 2. The highest BCUT2D eigenvalue weighted by Gasteiger charge is 2.25. The number of benzene rings is 5. The van der Waals surface area contributed by atoms with Crippen LogP contribution in [0.25, 0.3) is 32.6 Å². The molecule has 6 nitrogen and oxygen atoms in total. The van der Waals surface area contributed by atoms with Crippen LogP contribution in [0.5, 0.6) is 0 Å². The van der Waals surface area contributed by atoms with E-state index < -0.39 is 11.9 Å². The van der Waals surface area contributed by atoms with Crippen molar-refractivity contribution in [3.63, 3.8) is 0 Å². The molecule has 0 unspecified atom stereocenters. The molecule has 6 rings (SSSR count). The number of rotatable bonds is 6. The predicted octanol–water partition coefficient (Wildman–Crippen LogP) is 2.73. The van der Waals surface area contributed by atoms with Crippen LogP contribution in [0.2, 0.25) is 0 Å². The van der Waals surface area contributed by atoms with Crippen LogP contribution in [0.4, 0.5) is 0 Å². The van der Waals surface area contributed by atoms with Crippen molar-refractivity contribution in [2.45, 2.75) is 13.1 Å². The Morgan fingerprint density at radius 3 is 1.79 bits per heavy atom. The number of fused-ring (bicyclic) bond motifs is 3. The SMILES string of the molecule is O=C(O)c1cc2c(cc1C(=O)O)[n+](Cc1ccc3ccccc3c1)cn2Cc1ccc2ccccc2c1.[Cl-]. The Balaban J connectivity index is 0.00000294. The number of carbonyl (C=O) groups is 2. The molecule has 0 aliphatic carbocycles. The molecule has 2 N–H and O–H groups in total. The molecule has 7 heteroatoms. The van der Waals surface area contributed by atoms with Gasteiger partial charge in [-0.2, -0.15) is 0 Å². The monoisotopic (exact) mass is 522 g/mol. The average molecular weight is 523 g/mol. The fraction of sp³-hybridized carbons (Fsp3) is 0.0645. The second kappa shape index (κ2) is 10.00. The summed E-state index contributed by atoms with van der Waals surface area (Å²) in [6.45, 7) is 1.02. The average Bonchev–Trinajstić information content (AvgIpc) is 3.23. The number of carboxylic acid groups (broad SMARTS) is 2. The second-order valence-corrected chi connectivity index (χ2v) is 9.23. The summed E-state index contributed by atoms with van der Waals surface area (Å²) in [5, 5.41) is 24.0. The maximum absolute atomic E-state index is 11.9. The normalized spacial score (nSPS) is 11.1. The lowest BCUT2D eigenvalue weighted by atomic mass is 10.1. The second-order valence-electron chi connectivity index (χ2n) is 9.23. The van der Waals surface area contributed by atoms with Crippen molar-refractivity contribution in [1.29, 1.82) is 0 Å². The minimum absolute atomic E-state index is 0. The Morgan fingerprint density at radius 1 is 0.658 bits per heavy atom. The molecule has 0 saturated heterocycles. The summed E-state index contributed by atoms with van der Waals surface area (Å²) >= 11 is 0. The van der Waals surface area contributed by atoms with Crippen molar-refractivity contribution >= 4 is 44.5 Å². The van der Waals surface area contributed by atoms with Crippen molar-refractivity contribution in [3.05, 3.63) is 126 Å². The van der Waals surface area contributed by atoms with Gasteiger partial charge in [0.05, 0.1) is 11.1 Å². The van der Waals surface area contributed by atoms with Crippen LogP contribution >= 0.6 is 0 Å². The Morgan fingerprint density at radius 2 is 1.18 bits per heavy atom. The summed E-state index contributed by atoms with van der Waals surface area (Å²) in [6.07, 6.45) is 1.94. The molecule has 6 aromatic rings. The highest BCUT2D eigenvalue weighted by Crippen LogP contribution is 2.23. The van der Waals surface area contributed by atoms with E-state index >= 15 is 0 Å². The highest BCUT2D eigenvalue weighted by molar-refractivity contribution is 6.05. The number of aromatic nitrogens is 2. The topological polar surface area (TPSA) is 83.4 Å². The summed E-state index contributed by atoms with van der Waals surface area (Å²) in [7, 11) is 0. The minimum atomic E-state index is -1.26. The van der Waals surface area contributed by atoms with E-state index in [1.54, 1.807) is 0 Å². The van der Waals surface area contributed by atoms with Crippen LogP contribution in [0.15, 0.2) is 103 Å². The van der Waals surface area contributed by atoms with Crippen molar-refractivity contribution in [2.75, 3.05) is 0 Å². The Hall–Kier alpha value is -4.68. The van der Waals surface area contributed by atoms with Gasteiger partial charge in [0.2, 0.25) is 6.33 Å². The van der Waals surface area contributed by atoms with Gasteiger partial charge in [-0.15, -0.1) is 0 Å². The van der Waals surface area contributed by atoms with E-state index in [0.29, 0.717) is 24.1 Å². The first-order valence-corrected chi connectivity index (χ1v) is 11.9. The molecular weight excluding hydrogens is 500 g/mol. The van der Waals surface area contributed by atoms with Gasteiger partial charge in [-0.05, 0) is 44.8 Å². The van der Waals surface area contributed by atoms with Gasteiger partial charge < -0.3 is 22.6 Å². The van der Waals surface area contributed by atoms with Gasteiger partial charge in [-0.1, -0.05) is 72.8 Å².